The molecule has 1 amide bonds. The molecule has 1 fully saturated rings. The minimum Gasteiger partial charge on any atom is -0.462 e. The quantitative estimate of drug-likeness (QED) is 0.442. The molecule has 2 aromatic carbocycles. The van der Waals surface area contributed by atoms with Crippen molar-refractivity contribution in [2.45, 2.75) is 57.2 Å². The molecule has 0 radical (unpaired) electrons. The standard InChI is InChI=1S/C28H34FNO5/c1-5-13-28(14-6-2)18(3)25(32)26(33)27(35-28)34-23-11-10-20(12-15-30-19(4)31)24(17-23)21-8-7-9-22(29)16-21/h5-11,16-18,25-27,32-33H,1-2,12-15H2,3-4H3,(H,30,31)/t18-,25-,26-,27-/m1/s1. The van der Waals surface area contributed by atoms with Crippen LogP contribution in [0.1, 0.15) is 32.3 Å². The normalized spacial score (nSPS) is 23.3. The fourth-order valence-electron chi connectivity index (χ4n) is 4.59. The number of carbonyl (C=O) groups is 1. The topological polar surface area (TPSA) is 88.0 Å². The van der Waals surface area contributed by atoms with Gasteiger partial charge in [0.1, 0.15) is 17.7 Å². The zero-order chi connectivity index (χ0) is 25.6. The SMILES string of the molecule is C=CCC1(CC=C)O[C@@H](Oc2ccc(CCNC(C)=O)c(-c3cccc(F)c3)c2)[C@H](O)[C@H](O)[C@H]1C. The van der Waals surface area contributed by atoms with Crippen LogP contribution >= 0.6 is 0 Å². The molecule has 0 unspecified atom stereocenters. The fourth-order valence-corrected chi connectivity index (χ4v) is 4.59. The molecular weight excluding hydrogens is 449 g/mol. The molecule has 0 bridgehead atoms. The van der Waals surface area contributed by atoms with E-state index >= 15 is 0 Å². The lowest BCUT2D eigenvalue weighted by Crippen LogP contribution is -2.61. The van der Waals surface area contributed by atoms with Crippen LogP contribution in [0.15, 0.2) is 67.8 Å². The maximum Gasteiger partial charge on any atom is 0.229 e. The average Bonchev–Trinajstić information content (AvgIpc) is 2.82. The Labute approximate surface area is 206 Å². The third-order valence-corrected chi connectivity index (χ3v) is 6.54. The van der Waals surface area contributed by atoms with Crippen molar-refractivity contribution in [1.82, 2.24) is 5.32 Å². The summed E-state index contributed by atoms with van der Waals surface area (Å²) in [6.45, 7) is 11.3. The number of hydrogen-bond acceptors (Lipinski definition) is 5. The monoisotopic (exact) mass is 483 g/mol. The maximum absolute atomic E-state index is 14.0. The Kier molecular flexibility index (Phi) is 8.83. The van der Waals surface area contributed by atoms with E-state index < -0.39 is 24.1 Å². The van der Waals surface area contributed by atoms with Gasteiger partial charge in [0.15, 0.2) is 0 Å². The molecule has 6 nitrogen and oxygen atoms in total. The molecule has 188 valence electrons. The highest BCUT2D eigenvalue weighted by Crippen LogP contribution is 2.41. The summed E-state index contributed by atoms with van der Waals surface area (Å²) in [5, 5.41) is 24.3. The second-order valence-electron chi connectivity index (χ2n) is 8.99. The summed E-state index contributed by atoms with van der Waals surface area (Å²) in [5.41, 5.74) is 1.45. The van der Waals surface area contributed by atoms with E-state index in [0.29, 0.717) is 37.1 Å². The molecule has 0 aromatic heterocycles. The van der Waals surface area contributed by atoms with Crippen LogP contribution in [0.2, 0.25) is 0 Å². The van der Waals surface area contributed by atoms with Crippen LogP contribution in [0.4, 0.5) is 4.39 Å². The molecular formula is C28H34FNO5. The van der Waals surface area contributed by atoms with E-state index in [4.69, 9.17) is 9.47 Å². The third kappa shape index (κ3) is 6.17. The molecule has 4 atom stereocenters. The van der Waals surface area contributed by atoms with Gasteiger partial charge in [0.25, 0.3) is 0 Å². The van der Waals surface area contributed by atoms with E-state index in [-0.39, 0.29) is 17.6 Å². The summed E-state index contributed by atoms with van der Waals surface area (Å²) in [7, 11) is 0. The molecule has 3 rings (SSSR count). The van der Waals surface area contributed by atoms with Gasteiger partial charge in [0.2, 0.25) is 12.2 Å². The highest BCUT2D eigenvalue weighted by Gasteiger charge is 2.51. The Balaban J connectivity index is 1.93. The van der Waals surface area contributed by atoms with Gasteiger partial charge in [-0.3, -0.25) is 4.79 Å². The zero-order valence-corrected chi connectivity index (χ0v) is 20.2. The van der Waals surface area contributed by atoms with Gasteiger partial charge in [-0.05, 0) is 60.2 Å². The van der Waals surface area contributed by atoms with Gasteiger partial charge in [-0.15, -0.1) is 13.2 Å². The Morgan fingerprint density at radius 2 is 1.89 bits per heavy atom. The molecule has 7 heteroatoms. The van der Waals surface area contributed by atoms with Crippen molar-refractivity contribution in [3.8, 4) is 16.9 Å². The molecule has 1 heterocycles. The van der Waals surface area contributed by atoms with Crippen LogP contribution < -0.4 is 10.1 Å². The first kappa shape index (κ1) is 26.6. The van der Waals surface area contributed by atoms with Crippen LogP contribution in [-0.2, 0) is 16.0 Å². The number of ether oxygens (including phenoxy) is 2. The summed E-state index contributed by atoms with van der Waals surface area (Å²) >= 11 is 0. The highest BCUT2D eigenvalue weighted by atomic mass is 19.1. The number of aliphatic hydroxyl groups is 2. The minimum atomic E-state index is -1.27. The van der Waals surface area contributed by atoms with Crippen LogP contribution in [0.5, 0.6) is 5.75 Å². The minimum absolute atomic E-state index is 0.129. The molecule has 0 spiro atoms. The van der Waals surface area contributed by atoms with Crippen molar-refractivity contribution >= 4 is 5.91 Å². The summed E-state index contributed by atoms with van der Waals surface area (Å²) < 4.78 is 26.3. The Bertz CT molecular complexity index is 1050. The largest absolute Gasteiger partial charge is 0.462 e. The summed E-state index contributed by atoms with van der Waals surface area (Å²) in [4.78, 5) is 11.3. The molecule has 0 aliphatic carbocycles. The number of amides is 1. The summed E-state index contributed by atoms with van der Waals surface area (Å²) in [6, 6.07) is 11.5. The lowest BCUT2D eigenvalue weighted by Gasteiger charge is -2.49. The predicted molar refractivity (Wildman–Crippen MR) is 133 cm³/mol. The maximum atomic E-state index is 14.0. The molecule has 2 aromatic rings. The number of hydrogen-bond donors (Lipinski definition) is 3. The van der Waals surface area contributed by atoms with Crippen LogP contribution in [0.25, 0.3) is 11.1 Å². The molecule has 3 N–H and O–H groups in total. The van der Waals surface area contributed by atoms with Crippen molar-refractivity contribution in [3.05, 3.63) is 79.2 Å². The molecule has 1 saturated heterocycles. The second kappa shape index (κ2) is 11.6. The van der Waals surface area contributed by atoms with Crippen LogP contribution in [0, 0.1) is 11.7 Å². The highest BCUT2D eigenvalue weighted by molar-refractivity contribution is 5.73. The number of rotatable bonds is 10. The van der Waals surface area contributed by atoms with Crippen molar-refractivity contribution in [2.24, 2.45) is 5.92 Å². The first-order valence-corrected chi connectivity index (χ1v) is 11.8. The van der Waals surface area contributed by atoms with Gasteiger partial charge >= 0.3 is 0 Å². The van der Waals surface area contributed by atoms with Gasteiger partial charge < -0.3 is 25.0 Å². The van der Waals surface area contributed by atoms with Crippen molar-refractivity contribution < 1.29 is 28.9 Å². The lowest BCUT2D eigenvalue weighted by atomic mass is 9.75. The summed E-state index contributed by atoms with van der Waals surface area (Å²) in [5.74, 6) is -0.490. The molecule has 0 saturated carbocycles. The van der Waals surface area contributed by atoms with E-state index in [9.17, 15) is 19.4 Å². The van der Waals surface area contributed by atoms with Gasteiger partial charge in [0.05, 0.1) is 11.7 Å². The van der Waals surface area contributed by atoms with E-state index in [0.717, 1.165) is 11.1 Å². The number of benzene rings is 2. The number of nitrogens with one attached hydrogen (secondary N) is 1. The van der Waals surface area contributed by atoms with Crippen molar-refractivity contribution in [2.75, 3.05) is 6.54 Å². The van der Waals surface area contributed by atoms with Gasteiger partial charge in [0, 0.05) is 19.4 Å². The average molecular weight is 484 g/mol. The van der Waals surface area contributed by atoms with Crippen molar-refractivity contribution in [1.29, 1.82) is 0 Å². The van der Waals surface area contributed by atoms with Gasteiger partial charge in [-0.2, -0.15) is 0 Å². The van der Waals surface area contributed by atoms with E-state index in [1.54, 1.807) is 36.4 Å². The molecule has 1 aliphatic rings. The smallest absolute Gasteiger partial charge is 0.229 e. The van der Waals surface area contributed by atoms with Crippen LogP contribution in [-0.4, -0.2) is 46.8 Å². The number of halogens is 1. The third-order valence-electron chi connectivity index (χ3n) is 6.54. The van der Waals surface area contributed by atoms with Crippen molar-refractivity contribution in [3.63, 3.8) is 0 Å². The first-order chi connectivity index (χ1) is 16.7. The second-order valence-corrected chi connectivity index (χ2v) is 8.99. The number of aliphatic hydroxyl groups excluding tert-OH is 2. The van der Waals surface area contributed by atoms with Gasteiger partial charge in [-0.25, -0.2) is 4.39 Å². The Morgan fingerprint density at radius 3 is 2.51 bits per heavy atom. The van der Waals surface area contributed by atoms with Gasteiger partial charge in [-0.1, -0.05) is 37.3 Å². The molecule has 1 aliphatic heterocycles. The first-order valence-electron chi connectivity index (χ1n) is 11.8. The van der Waals surface area contributed by atoms with E-state index in [2.05, 4.69) is 18.5 Å². The Morgan fingerprint density at radius 1 is 1.17 bits per heavy atom. The number of carbonyl (C=O) groups excluding carboxylic acids is 1. The van der Waals surface area contributed by atoms with E-state index in [1.807, 2.05) is 13.0 Å². The fraction of sp³-hybridized carbons (Fsp3) is 0.393. The summed E-state index contributed by atoms with van der Waals surface area (Å²) in [6.07, 6.45) is 1.37. The molecule has 35 heavy (non-hydrogen) atoms. The Hall–Kier alpha value is -3.00. The van der Waals surface area contributed by atoms with E-state index in [1.165, 1.54) is 19.1 Å². The predicted octanol–water partition coefficient (Wildman–Crippen LogP) is 4.16. The van der Waals surface area contributed by atoms with Crippen LogP contribution in [0.3, 0.4) is 0 Å². The zero-order valence-electron chi connectivity index (χ0n) is 20.2. The lowest BCUT2D eigenvalue weighted by molar-refractivity contribution is -0.293.